The van der Waals surface area contributed by atoms with E-state index in [1.165, 1.54) is 0 Å². The first-order valence-electron chi connectivity index (χ1n) is 5.83. The molecule has 0 aliphatic carbocycles. The molecule has 3 N–H and O–H groups in total. The Morgan fingerprint density at radius 1 is 1.56 bits per heavy atom. The second-order valence-corrected chi connectivity index (χ2v) is 5.14. The van der Waals surface area contributed by atoms with Gasteiger partial charge in [0.15, 0.2) is 0 Å². The van der Waals surface area contributed by atoms with Crippen LogP contribution in [0, 0.1) is 5.92 Å². The molecule has 2 saturated heterocycles. The third kappa shape index (κ3) is 1.50. The predicted octanol–water partition coefficient (Wildman–Crippen LogP) is -0.539. The van der Waals surface area contributed by atoms with Crippen LogP contribution in [0.1, 0.15) is 26.7 Å². The van der Waals surface area contributed by atoms with Crippen molar-refractivity contribution in [2.75, 3.05) is 13.1 Å². The van der Waals surface area contributed by atoms with Gasteiger partial charge in [0.2, 0.25) is 11.8 Å². The van der Waals surface area contributed by atoms with E-state index in [9.17, 15) is 9.59 Å². The van der Waals surface area contributed by atoms with Crippen molar-refractivity contribution >= 4 is 11.8 Å². The average molecular weight is 225 g/mol. The molecular formula is C11H19N3O2. The molecule has 0 bridgehead atoms. The Morgan fingerprint density at radius 3 is 2.62 bits per heavy atom. The van der Waals surface area contributed by atoms with Gasteiger partial charge in [-0.3, -0.25) is 9.59 Å². The van der Waals surface area contributed by atoms with Crippen molar-refractivity contribution in [3.05, 3.63) is 0 Å². The Balaban J connectivity index is 2.08. The van der Waals surface area contributed by atoms with E-state index in [1.54, 1.807) is 4.90 Å². The highest BCUT2D eigenvalue weighted by molar-refractivity contribution is 5.97. The monoisotopic (exact) mass is 225 g/mol. The van der Waals surface area contributed by atoms with Gasteiger partial charge in [0.25, 0.3) is 0 Å². The predicted molar refractivity (Wildman–Crippen MR) is 59.5 cm³/mol. The lowest BCUT2D eigenvalue weighted by molar-refractivity contribution is -0.161. The van der Waals surface area contributed by atoms with E-state index in [0.717, 1.165) is 19.4 Å². The molecular weight excluding hydrogens is 206 g/mol. The Labute approximate surface area is 95.3 Å². The number of amides is 2. The van der Waals surface area contributed by atoms with Crippen LogP contribution in [0.5, 0.6) is 0 Å². The first-order valence-corrected chi connectivity index (χ1v) is 5.83. The van der Waals surface area contributed by atoms with Gasteiger partial charge in [0.05, 0.1) is 0 Å². The molecule has 2 aliphatic heterocycles. The van der Waals surface area contributed by atoms with Gasteiger partial charge in [-0.2, -0.15) is 0 Å². The highest BCUT2D eigenvalue weighted by atomic mass is 16.2. The number of carbonyl (C=O) groups is 2. The molecule has 1 unspecified atom stereocenters. The van der Waals surface area contributed by atoms with E-state index in [-0.39, 0.29) is 17.4 Å². The lowest BCUT2D eigenvalue weighted by Gasteiger charge is -2.50. The first kappa shape index (κ1) is 11.4. The van der Waals surface area contributed by atoms with Crippen LogP contribution in [0.15, 0.2) is 0 Å². The number of nitrogens with two attached hydrogens (primary N) is 1. The van der Waals surface area contributed by atoms with Crippen molar-refractivity contribution in [1.29, 1.82) is 0 Å². The minimum absolute atomic E-state index is 0.0440. The number of hydrogen-bond donors (Lipinski definition) is 2. The van der Waals surface area contributed by atoms with E-state index in [1.807, 2.05) is 13.8 Å². The molecule has 1 spiro atoms. The molecule has 2 heterocycles. The maximum Gasteiger partial charge on any atom is 0.245 e. The second kappa shape index (κ2) is 3.73. The van der Waals surface area contributed by atoms with Crippen LogP contribution in [0.25, 0.3) is 0 Å². The fraction of sp³-hybridized carbons (Fsp3) is 0.818. The van der Waals surface area contributed by atoms with Crippen molar-refractivity contribution in [3.63, 3.8) is 0 Å². The molecule has 5 nitrogen and oxygen atoms in total. The van der Waals surface area contributed by atoms with Crippen LogP contribution >= 0.6 is 0 Å². The van der Waals surface area contributed by atoms with Crippen LogP contribution in [0.4, 0.5) is 0 Å². The molecule has 0 saturated carbocycles. The molecule has 5 heteroatoms. The zero-order chi connectivity index (χ0) is 11.9. The Kier molecular flexibility index (Phi) is 2.66. The number of hydrogen-bond acceptors (Lipinski definition) is 3. The van der Waals surface area contributed by atoms with Crippen LogP contribution in [0.3, 0.4) is 0 Å². The van der Waals surface area contributed by atoms with Crippen molar-refractivity contribution in [1.82, 2.24) is 10.2 Å². The van der Waals surface area contributed by atoms with Crippen molar-refractivity contribution in [2.24, 2.45) is 11.7 Å². The molecule has 2 atom stereocenters. The number of nitrogens with zero attached hydrogens (tertiary/aromatic N) is 1. The number of rotatable bonds is 3. The Hall–Kier alpha value is -1.10. The molecule has 0 aromatic heterocycles. The van der Waals surface area contributed by atoms with Gasteiger partial charge in [-0.1, -0.05) is 13.8 Å². The van der Waals surface area contributed by atoms with Gasteiger partial charge in [0, 0.05) is 6.54 Å². The molecule has 2 aliphatic rings. The Bertz CT molecular complexity index is 321. The average Bonchev–Trinajstić information content (AvgIpc) is 2.67. The smallest absolute Gasteiger partial charge is 0.245 e. The topological polar surface area (TPSA) is 75.4 Å². The zero-order valence-electron chi connectivity index (χ0n) is 9.82. The summed E-state index contributed by atoms with van der Waals surface area (Å²) in [5.74, 6) is -0.293. The molecule has 2 rings (SSSR count). The maximum atomic E-state index is 12.1. The third-order valence-corrected chi connectivity index (χ3v) is 3.61. The minimum atomic E-state index is -0.458. The summed E-state index contributed by atoms with van der Waals surface area (Å²) >= 11 is 0. The number of nitrogens with one attached hydrogen (secondary N) is 1. The minimum Gasteiger partial charge on any atom is -0.368 e. The third-order valence-electron chi connectivity index (χ3n) is 3.61. The van der Waals surface area contributed by atoms with E-state index >= 15 is 0 Å². The lowest BCUT2D eigenvalue weighted by Crippen LogP contribution is -2.75. The van der Waals surface area contributed by atoms with E-state index < -0.39 is 11.9 Å². The van der Waals surface area contributed by atoms with Gasteiger partial charge in [-0.05, 0) is 25.3 Å². The fourth-order valence-electron chi connectivity index (χ4n) is 2.80. The van der Waals surface area contributed by atoms with Gasteiger partial charge < -0.3 is 16.0 Å². The summed E-state index contributed by atoms with van der Waals surface area (Å²) in [5.41, 5.74) is 4.97. The van der Waals surface area contributed by atoms with Crippen LogP contribution < -0.4 is 11.1 Å². The molecule has 2 amide bonds. The van der Waals surface area contributed by atoms with Crippen molar-refractivity contribution in [3.8, 4) is 0 Å². The largest absolute Gasteiger partial charge is 0.368 e. The van der Waals surface area contributed by atoms with E-state index in [4.69, 9.17) is 5.73 Å². The summed E-state index contributed by atoms with van der Waals surface area (Å²) in [5, 5.41) is 3.24. The molecule has 0 aromatic rings. The number of likely N-dealkylation sites (tertiary alicyclic amines) is 1. The van der Waals surface area contributed by atoms with E-state index in [2.05, 4.69) is 5.32 Å². The maximum absolute atomic E-state index is 12.1. The first-order chi connectivity index (χ1) is 7.48. The zero-order valence-corrected chi connectivity index (χ0v) is 9.82. The van der Waals surface area contributed by atoms with Gasteiger partial charge >= 0.3 is 0 Å². The summed E-state index contributed by atoms with van der Waals surface area (Å²) in [6.45, 7) is 5.34. The summed E-state index contributed by atoms with van der Waals surface area (Å²) in [6.07, 6.45) is 1.91. The standard InChI is InChI=1S/C11H19N3O2/c1-7(2)8(9(12)15)14-6-11(10(14)16)4-3-5-13-11/h7-8,13H,3-6H2,1-2H3,(H2,12,15)/t8-,11?/m0/s1. The Morgan fingerprint density at radius 2 is 2.25 bits per heavy atom. The summed E-state index contributed by atoms with van der Waals surface area (Å²) < 4.78 is 0. The van der Waals surface area contributed by atoms with Gasteiger partial charge in [0.1, 0.15) is 11.6 Å². The van der Waals surface area contributed by atoms with Gasteiger partial charge in [-0.15, -0.1) is 0 Å². The highest BCUT2D eigenvalue weighted by Gasteiger charge is 2.56. The summed E-state index contributed by atoms with van der Waals surface area (Å²) in [4.78, 5) is 25.0. The normalized spacial score (nSPS) is 30.9. The van der Waals surface area contributed by atoms with Gasteiger partial charge in [-0.25, -0.2) is 0 Å². The van der Waals surface area contributed by atoms with Crippen molar-refractivity contribution < 1.29 is 9.59 Å². The van der Waals surface area contributed by atoms with Crippen LogP contribution in [0.2, 0.25) is 0 Å². The molecule has 0 radical (unpaired) electrons. The second-order valence-electron chi connectivity index (χ2n) is 5.14. The quantitative estimate of drug-likeness (QED) is 0.633. The molecule has 0 aromatic carbocycles. The lowest BCUT2D eigenvalue weighted by atomic mass is 9.83. The highest BCUT2D eigenvalue weighted by Crippen LogP contribution is 2.34. The molecule has 90 valence electrons. The number of primary amides is 1. The molecule has 2 fully saturated rings. The van der Waals surface area contributed by atoms with Crippen LogP contribution in [-0.4, -0.2) is 41.4 Å². The fourth-order valence-corrected chi connectivity index (χ4v) is 2.80. The van der Waals surface area contributed by atoms with Crippen LogP contribution in [-0.2, 0) is 9.59 Å². The SMILES string of the molecule is CC(C)[C@@H](C(N)=O)N1CC2(CCCN2)C1=O. The summed E-state index contributed by atoms with van der Waals surface area (Å²) in [6, 6.07) is -0.458. The van der Waals surface area contributed by atoms with Crippen molar-refractivity contribution in [2.45, 2.75) is 38.3 Å². The van der Waals surface area contributed by atoms with E-state index in [0.29, 0.717) is 6.54 Å². The number of carbonyl (C=O) groups excluding carboxylic acids is 2. The number of β-lactam (4-membered cyclic amide) rings is 1. The molecule has 16 heavy (non-hydrogen) atoms. The summed E-state index contributed by atoms with van der Waals surface area (Å²) in [7, 11) is 0.